The standard InChI is InChI=1S/C24H20N4O6/c1-34-21-9-5-4-8-20(21)26-22(29)18-14-15(28(32)33)10-11-19(18)25-12-13-27-23(30)16-6-2-3-7-17(16)24(27)31/h2-11,14,25H,12-13H2,1H3,(H,26,29). The molecule has 0 aliphatic carbocycles. The quantitative estimate of drug-likeness (QED) is 0.298. The summed E-state index contributed by atoms with van der Waals surface area (Å²) >= 11 is 0. The van der Waals surface area contributed by atoms with E-state index in [0.717, 1.165) is 11.0 Å². The molecule has 0 radical (unpaired) electrons. The zero-order valence-electron chi connectivity index (χ0n) is 18.1. The Labute approximate surface area is 194 Å². The van der Waals surface area contributed by atoms with Crippen molar-refractivity contribution in [3.8, 4) is 5.75 Å². The number of carbonyl (C=O) groups excluding carboxylic acids is 3. The summed E-state index contributed by atoms with van der Waals surface area (Å²) in [6.07, 6.45) is 0. The number of rotatable bonds is 8. The van der Waals surface area contributed by atoms with Crippen LogP contribution in [0.2, 0.25) is 0 Å². The van der Waals surface area contributed by atoms with E-state index >= 15 is 0 Å². The Balaban J connectivity index is 1.52. The lowest BCUT2D eigenvalue weighted by atomic mass is 10.1. The number of fused-ring (bicyclic) bond motifs is 1. The van der Waals surface area contributed by atoms with E-state index < -0.39 is 10.8 Å². The van der Waals surface area contributed by atoms with Crippen LogP contribution in [0, 0.1) is 10.1 Å². The van der Waals surface area contributed by atoms with E-state index in [1.165, 1.54) is 19.2 Å². The van der Waals surface area contributed by atoms with Gasteiger partial charge in [0.05, 0.1) is 34.4 Å². The first kappa shape index (κ1) is 22.5. The molecule has 0 spiro atoms. The van der Waals surface area contributed by atoms with Gasteiger partial charge in [0.25, 0.3) is 23.4 Å². The fraction of sp³-hybridized carbons (Fsp3) is 0.125. The van der Waals surface area contributed by atoms with Gasteiger partial charge in [0, 0.05) is 30.9 Å². The summed E-state index contributed by atoms with van der Waals surface area (Å²) in [6.45, 7) is 0.190. The summed E-state index contributed by atoms with van der Waals surface area (Å²) in [5.74, 6) is -0.932. The van der Waals surface area contributed by atoms with Crippen molar-refractivity contribution in [1.29, 1.82) is 0 Å². The van der Waals surface area contributed by atoms with Crippen LogP contribution in [0.4, 0.5) is 17.1 Å². The second-order valence-corrected chi connectivity index (χ2v) is 7.38. The summed E-state index contributed by atoms with van der Waals surface area (Å²) in [6, 6.07) is 17.2. The molecule has 0 aromatic heterocycles. The molecule has 0 saturated heterocycles. The molecule has 4 rings (SSSR count). The lowest BCUT2D eigenvalue weighted by Crippen LogP contribution is -2.34. The van der Waals surface area contributed by atoms with E-state index in [4.69, 9.17) is 4.74 Å². The Morgan fingerprint density at radius 1 is 0.971 bits per heavy atom. The van der Waals surface area contributed by atoms with Crippen LogP contribution in [0.5, 0.6) is 5.75 Å². The zero-order valence-corrected chi connectivity index (χ0v) is 18.1. The normalized spacial score (nSPS) is 12.3. The molecule has 10 nitrogen and oxygen atoms in total. The molecule has 0 atom stereocenters. The molecule has 0 fully saturated rings. The molecule has 0 bridgehead atoms. The number of non-ortho nitro benzene ring substituents is 1. The third-order valence-electron chi connectivity index (χ3n) is 5.34. The van der Waals surface area contributed by atoms with E-state index in [1.54, 1.807) is 48.5 Å². The first-order valence-electron chi connectivity index (χ1n) is 10.3. The molecule has 34 heavy (non-hydrogen) atoms. The number of anilines is 2. The Morgan fingerprint density at radius 2 is 1.62 bits per heavy atom. The van der Waals surface area contributed by atoms with Gasteiger partial charge in [-0.1, -0.05) is 24.3 Å². The number of hydrogen-bond acceptors (Lipinski definition) is 7. The highest BCUT2D eigenvalue weighted by Crippen LogP contribution is 2.27. The van der Waals surface area contributed by atoms with E-state index in [-0.39, 0.29) is 36.2 Å². The maximum absolute atomic E-state index is 13.0. The van der Waals surface area contributed by atoms with Crippen molar-refractivity contribution in [2.45, 2.75) is 0 Å². The molecular formula is C24H20N4O6. The maximum Gasteiger partial charge on any atom is 0.270 e. The van der Waals surface area contributed by atoms with Gasteiger partial charge in [-0.25, -0.2) is 0 Å². The minimum atomic E-state index is -0.595. The third-order valence-corrected chi connectivity index (χ3v) is 5.34. The van der Waals surface area contributed by atoms with Crippen molar-refractivity contribution < 1.29 is 24.0 Å². The molecule has 3 aromatic carbocycles. The number of carbonyl (C=O) groups is 3. The van der Waals surface area contributed by atoms with Crippen molar-refractivity contribution in [3.05, 3.63) is 93.5 Å². The predicted molar refractivity (Wildman–Crippen MR) is 124 cm³/mol. The summed E-state index contributed by atoms with van der Waals surface area (Å²) in [5, 5.41) is 17.0. The van der Waals surface area contributed by atoms with Gasteiger partial charge >= 0.3 is 0 Å². The summed E-state index contributed by atoms with van der Waals surface area (Å²) in [7, 11) is 1.46. The Hall–Kier alpha value is -4.73. The van der Waals surface area contributed by atoms with Crippen LogP contribution < -0.4 is 15.4 Å². The molecule has 2 N–H and O–H groups in total. The molecule has 172 valence electrons. The highest BCUT2D eigenvalue weighted by molar-refractivity contribution is 6.21. The zero-order chi connectivity index (χ0) is 24.2. The number of nitro benzene ring substituents is 1. The maximum atomic E-state index is 13.0. The molecule has 10 heteroatoms. The highest BCUT2D eigenvalue weighted by atomic mass is 16.6. The largest absolute Gasteiger partial charge is 0.495 e. The van der Waals surface area contributed by atoms with Crippen molar-refractivity contribution in [2.24, 2.45) is 0 Å². The summed E-state index contributed by atoms with van der Waals surface area (Å²) in [4.78, 5) is 49.9. The molecular weight excluding hydrogens is 440 g/mol. The molecule has 0 unspecified atom stereocenters. The molecule has 0 saturated carbocycles. The molecule has 3 amide bonds. The van der Waals surface area contributed by atoms with Gasteiger partial charge in [-0.15, -0.1) is 0 Å². The fourth-order valence-electron chi connectivity index (χ4n) is 3.67. The number of nitrogens with one attached hydrogen (secondary N) is 2. The van der Waals surface area contributed by atoms with E-state index in [0.29, 0.717) is 28.3 Å². The number of imide groups is 1. The van der Waals surface area contributed by atoms with Gasteiger partial charge in [-0.3, -0.25) is 29.4 Å². The second kappa shape index (κ2) is 9.41. The number of hydrogen-bond donors (Lipinski definition) is 2. The SMILES string of the molecule is COc1ccccc1NC(=O)c1cc([N+](=O)[O-])ccc1NCCN1C(=O)c2ccccc2C1=O. The van der Waals surface area contributed by atoms with Crippen molar-refractivity contribution >= 4 is 34.8 Å². The fourth-order valence-corrected chi connectivity index (χ4v) is 3.67. The smallest absolute Gasteiger partial charge is 0.270 e. The van der Waals surface area contributed by atoms with Crippen LogP contribution in [0.25, 0.3) is 0 Å². The number of methoxy groups -OCH3 is 1. The van der Waals surface area contributed by atoms with Crippen molar-refractivity contribution in [1.82, 2.24) is 4.90 Å². The number of amides is 3. The van der Waals surface area contributed by atoms with Crippen molar-refractivity contribution in [3.63, 3.8) is 0 Å². The number of benzene rings is 3. The van der Waals surface area contributed by atoms with Crippen LogP contribution in [0.3, 0.4) is 0 Å². The second-order valence-electron chi connectivity index (χ2n) is 7.38. The molecule has 1 aliphatic heterocycles. The van der Waals surface area contributed by atoms with Crippen LogP contribution in [0.1, 0.15) is 31.1 Å². The summed E-state index contributed by atoms with van der Waals surface area (Å²) in [5.41, 5.74) is 1.19. The lowest BCUT2D eigenvalue weighted by Gasteiger charge is -2.17. The number of para-hydroxylation sites is 2. The first-order chi connectivity index (χ1) is 16.4. The minimum absolute atomic E-state index is 0.0301. The highest BCUT2D eigenvalue weighted by Gasteiger charge is 2.34. The van der Waals surface area contributed by atoms with Crippen LogP contribution in [0.15, 0.2) is 66.7 Å². The third kappa shape index (κ3) is 4.29. The van der Waals surface area contributed by atoms with Gasteiger partial charge in [0.1, 0.15) is 5.75 Å². The lowest BCUT2D eigenvalue weighted by molar-refractivity contribution is -0.384. The Bertz CT molecular complexity index is 1270. The van der Waals surface area contributed by atoms with Gasteiger partial charge in [0.2, 0.25) is 0 Å². The monoisotopic (exact) mass is 460 g/mol. The van der Waals surface area contributed by atoms with Gasteiger partial charge < -0.3 is 15.4 Å². The Kier molecular flexibility index (Phi) is 6.22. The van der Waals surface area contributed by atoms with E-state index in [1.807, 2.05) is 0 Å². The first-order valence-corrected chi connectivity index (χ1v) is 10.3. The Morgan fingerprint density at radius 3 is 2.26 bits per heavy atom. The predicted octanol–water partition coefficient (Wildman–Crippen LogP) is 3.56. The average molecular weight is 460 g/mol. The topological polar surface area (TPSA) is 131 Å². The number of nitro groups is 1. The molecule has 3 aromatic rings. The molecule has 1 aliphatic rings. The van der Waals surface area contributed by atoms with Crippen LogP contribution >= 0.6 is 0 Å². The van der Waals surface area contributed by atoms with Gasteiger partial charge in [-0.05, 0) is 30.3 Å². The minimum Gasteiger partial charge on any atom is -0.495 e. The van der Waals surface area contributed by atoms with E-state index in [2.05, 4.69) is 10.6 Å². The molecule has 1 heterocycles. The number of nitrogens with zero attached hydrogens (tertiary/aromatic N) is 2. The number of ether oxygens (including phenoxy) is 1. The van der Waals surface area contributed by atoms with Crippen molar-refractivity contribution in [2.75, 3.05) is 30.8 Å². The summed E-state index contributed by atoms with van der Waals surface area (Å²) < 4.78 is 5.23. The van der Waals surface area contributed by atoms with Crippen LogP contribution in [-0.4, -0.2) is 47.7 Å². The van der Waals surface area contributed by atoms with E-state index in [9.17, 15) is 24.5 Å². The van der Waals surface area contributed by atoms with Gasteiger partial charge in [-0.2, -0.15) is 0 Å². The van der Waals surface area contributed by atoms with Crippen LogP contribution in [-0.2, 0) is 0 Å². The average Bonchev–Trinajstić information content (AvgIpc) is 3.09. The van der Waals surface area contributed by atoms with Gasteiger partial charge in [0.15, 0.2) is 0 Å².